The zero-order chi connectivity index (χ0) is 19.8. The molecule has 0 bridgehead atoms. The number of ether oxygens (including phenoxy) is 1. The summed E-state index contributed by atoms with van der Waals surface area (Å²) >= 11 is 0. The van der Waals surface area contributed by atoms with Gasteiger partial charge < -0.3 is 4.74 Å². The average molecular weight is 388 g/mol. The minimum atomic E-state index is -0.656. The van der Waals surface area contributed by atoms with Crippen molar-refractivity contribution < 1.29 is 13.5 Å². The standard InChI is InChI=1S/C24H31F2NO/c25-22-12-8-20(9-13-22)21-10-14-24(15-11-21)28-17-19-6-4-18(5-7-19)2-1-3-23(26)16-27/h3,8-9,12-13,18-19,21,24H,1-2,4-7,10-11,14-15,17H2/b23-3+. The van der Waals surface area contributed by atoms with Crippen LogP contribution in [0.2, 0.25) is 0 Å². The normalized spacial score (nSPS) is 28.7. The van der Waals surface area contributed by atoms with Crippen LogP contribution < -0.4 is 0 Å². The summed E-state index contributed by atoms with van der Waals surface area (Å²) in [4.78, 5) is 0. The fourth-order valence-corrected chi connectivity index (χ4v) is 4.75. The predicted molar refractivity (Wildman–Crippen MR) is 107 cm³/mol. The molecule has 0 amide bonds. The van der Waals surface area contributed by atoms with Crippen LogP contribution in [0.25, 0.3) is 0 Å². The van der Waals surface area contributed by atoms with Gasteiger partial charge in [-0.25, -0.2) is 4.39 Å². The Morgan fingerprint density at radius 3 is 2.29 bits per heavy atom. The molecular weight excluding hydrogens is 356 g/mol. The molecule has 0 unspecified atom stereocenters. The molecule has 2 nitrogen and oxygen atoms in total. The first-order valence-corrected chi connectivity index (χ1v) is 10.8. The van der Waals surface area contributed by atoms with Crippen LogP contribution in [0.15, 0.2) is 36.2 Å². The zero-order valence-corrected chi connectivity index (χ0v) is 16.6. The number of hydrogen-bond acceptors (Lipinski definition) is 2. The molecule has 0 saturated heterocycles. The topological polar surface area (TPSA) is 33.0 Å². The first-order chi connectivity index (χ1) is 13.6. The van der Waals surface area contributed by atoms with Crippen LogP contribution in [0.5, 0.6) is 0 Å². The maximum atomic E-state index is 13.1. The molecule has 0 radical (unpaired) electrons. The van der Waals surface area contributed by atoms with Gasteiger partial charge in [0, 0.05) is 6.61 Å². The van der Waals surface area contributed by atoms with E-state index in [0.717, 1.165) is 38.7 Å². The maximum Gasteiger partial charge on any atom is 0.196 e. The van der Waals surface area contributed by atoms with Crippen molar-refractivity contribution in [3.05, 3.63) is 47.5 Å². The molecule has 4 heteroatoms. The number of nitrogens with zero attached hydrogens (tertiary/aromatic N) is 1. The van der Waals surface area contributed by atoms with E-state index in [1.807, 2.05) is 12.1 Å². The fourth-order valence-electron chi connectivity index (χ4n) is 4.75. The molecule has 1 aromatic rings. The van der Waals surface area contributed by atoms with Crippen LogP contribution in [-0.2, 0) is 4.74 Å². The number of benzene rings is 1. The van der Waals surface area contributed by atoms with Crippen LogP contribution in [-0.4, -0.2) is 12.7 Å². The van der Waals surface area contributed by atoms with Gasteiger partial charge in [-0.3, -0.25) is 0 Å². The monoisotopic (exact) mass is 387 g/mol. The summed E-state index contributed by atoms with van der Waals surface area (Å²) in [7, 11) is 0. The fraction of sp³-hybridized carbons (Fsp3) is 0.625. The summed E-state index contributed by atoms with van der Waals surface area (Å²) in [6, 6.07) is 8.50. The number of hydrogen-bond donors (Lipinski definition) is 0. The van der Waals surface area contributed by atoms with E-state index in [0.29, 0.717) is 30.3 Å². The van der Waals surface area contributed by atoms with Gasteiger partial charge >= 0.3 is 0 Å². The summed E-state index contributed by atoms with van der Waals surface area (Å²) < 4.78 is 32.1. The lowest BCUT2D eigenvalue weighted by Crippen LogP contribution is -2.25. The highest BCUT2D eigenvalue weighted by Crippen LogP contribution is 2.36. The second-order valence-corrected chi connectivity index (χ2v) is 8.49. The first kappa shape index (κ1) is 21.0. The summed E-state index contributed by atoms with van der Waals surface area (Å²) in [5.74, 6) is 1.02. The van der Waals surface area contributed by atoms with E-state index in [4.69, 9.17) is 10.00 Å². The highest BCUT2D eigenvalue weighted by molar-refractivity contribution is 5.21. The summed E-state index contributed by atoms with van der Waals surface area (Å²) in [5.41, 5.74) is 1.25. The Morgan fingerprint density at radius 1 is 1.00 bits per heavy atom. The van der Waals surface area contributed by atoms with Gasteiger partial charge in [-0.2, -0.15) is 9.65 Å². The molecule has 0 atom stereocenters. The van der Waals surface area contributed by atoms with E-state index in [1.54, 1.807) is 12.1 Å². The highest BCUT2D eigenvalue weighted by atomic mass is 19.1. The molecule has 1 aromatic carbocycles. The van der Waals surface area contributed by atoms with E-state index >= 15 is 0 Å². The molecule has 0 aromatic heterocycles. The van der Waals surface area contributed by atoms with Gasteiger partial charge in [0.2, 0.25) is 0 Å². The Morgan fingerprint density at radius 2 is 1.64 bits per heavy atom. The van der Waals surface area contributed by atoms with Crippen LogP contribution in [0.3, 0.4) is 0 Å². The van der Waals surface area contributed by atoms with Crippen molar-refractivity contribution in [3.63, 3.8) is 0 Å². The van der Waals surface area contributed by atoms with E-state index in [1.165, 1.54) is 43.4 Å². The van der Waals surface area contributed by atoms with E-state index in [-0.39, 0.29) is 5.82 Å². The quantitative estimate of drug-likeness (QED) is 0.480. The molecule has 28 heavy (non-hydrogen) atoms. The Balaban J connectivity index is 1.30. The van der Waals surface area contributed by atoms with E-state index < -0.39 is 5.83 Å². The second kappa shape index (κ2) is 10.7. The Labute approximate surface area is 167 Å². The predicted octanol–water partition coefficient (Wildman–Crippen LogP) is 6.83. The Kier molecular flexibility index (Phi) is 8.03. The summed E-state index contributed by atoms with van der Waals surface area (Å²) in [6.45, 7) is 0.863. The van der Waals surface area contributed by atoms with Crippen LogP contribution in [0.1, 0.15) is 75.7 Å². The van der Waals surface area contributed by atoms with Crippen molar-refractivity contribution in [1.82, 2.24) is 0 Å². The first-order valence-electron chi connectivity index (χ1n) is 10.8. The number of nitriles is 1. The van der Waals surface area contributed by atoms with Crippen molar-refractivity contribution in [2.45, 2.75) is 76.2 Å². The van der Waals surface area contributed by atoms with Crippen molar-refractivity contribution in [1.29, 1.82) is 5.26 Å². The molecule has 152 valence electrons. The number of halogens is 2. The van der Waals surface area contributed by atoms with Crippen molar-refractivity contribution in [3.8, 4) is 6.07 Å². The van der Waals surface area contributed by atoms with Gasteiger partial charge in [-0.1, -0.05) is 25.0 Å². The summed E-state index contributed by atoms with van der Waals surface area (Å²) in [6.07, 6.45) is 12.6. The molecule has 2 aliphatic rings. The second-order valence-electron chi connectivity index (χ2n) is 8.49. The molecule has 2 fully saturated rings. The molecule has 2 saturated carbocycles. The van der Waals surface area contributed by atoms with Crippen LogP contribution in [0, 0.1) is 29.0 Å². The zero-order valence-electron chi connectivity index (χ0n) is 16.6. The smallest absolute Gasteiger partial charge is 0.196 e. The van der Waals surface area contributed by atoms with Crippen molar-refractivity contribution in [2.75, 3.05) is 6.61 Å². The minimum Gasteiger partial charge on any atom is -0.378 e. The molecule has 0 spiro atoms. The highest BCUT2D eigenvalue weighted by Gasteiger charge is 2.25. The molecule has 0 heterocycles. The lowest BCUT2D eigenvalue weighted by atomic mass is 9.80. The van der Waals surface area contributed by atoms with Gasteiger partial charge in [0.25, 0.3) is 0 Å². The van der Waals surface area contributed by atoms with Crippen LogP contribution >= 0.6 is 0 Å². The summed E-state index contributed by atoms with van der Waals surface area (Å²) in [5, 5.41) is 8.43. The molecule has 0 aliphatic heterocycles. The van der Waals surface area contributed by atoms with Gasteiger partial charge in [0.05, 0.1) is 6.10 Å². The maximum absolute atomic E-state index is 13.1. The van der Waals surface area contributed by atoms with Gasteiger partial charge in [-0.15, -0.1) is 0 Å². The van der Waals surface area contributed by atoms with Gasteiger partial charge in [0.15, 0.2) is 5.83 Å². The Hall–Kier alpha value is -1.73. The van der Waals surface area contributed by atoms with E-state index in [9.17, 15) is 8.78 Å². The lowest BCUT2D eigenvalue weighted by Gasteiger charge is -2.32. The molecule has 2 aliphatic carbocycles. The third-order valence-corrected chi connectivity index (χ3v) is 6.55. The average Bonchev–Trinajstić information content (AvgIpc) is 2.74. The lowest BCUT2D eigenvalue weighted by molar-refractivity contribution is -0.00475. The van der Waals surface area contributed by atoms with Crippen molar-refractivity contribution in [2.24, 2.45) is 11.8 Å². The third-order valence-electron chi connectivity index (χ3n) is 6.55. The SMILES string of the molecule is N#C/C(F)=C\CCC1CCC(COC2CCC(c3ccc(F)cc3)CC2)CC1. The van der Waals surface area contributed by atoms with E-state index in [2.05, 4.69) is 0 Å². The molecule has 0 N–H and O–H groups in total. The Bertz CT molecular complexity index is 663. The minimum absolute atomic E-state index is 0.165. The van der Waals surface area contributed by atoms with Crippen molar-refractivity contribution >= 4 is 0 Å². The third kappa shape index (κ3) is 6.41. The van der Waals surface area contributed by atoms with Gasteiger partial charge in [-0.05, 0) is 92.9 Å². The van der Waals surface area contributed by atoms with Gasteiger partial charge in [0.1, 0.15) is 11.9 Å². The largest absolute Gasteiger partial charge is 0.378 e. The number of allylic oxidation sites excluding steroid dienone is 2. The van der Waals surface area contributed by atoms with Crippen LogP contribution in [0.4, 0.5) is 8.78 Å². The molecular formula is C24H31F2NO. The molecule has 3 rings (SSSR count). The number of rotatable bonds is 7.